The van der Waals surface area contributed by atoms with Crippen LogP contribution in [0.4, 0.5) is 0 Å². The number of amides is 1. The van der Waals surface area contributed by atoms with Crippen LogP contribution in [-0.4, -0.2) is 53.0 Å². The molecule has 1 aromatic heterocycles. The van der Waals surface area contributed by atoms with Crippen molar-refractivity contribution in [2.75, 3.05) is 32.3 Å². The number of carbonyl (C=O) groups excluding carboxylic acids is 1. The SMILES string of the molecule is COc1nc(SC)ncc1/C=C1/SCCN1C(=O)COc1ccccc1Cl. The number of rotatable bonds is 6. The van der Waals surface area contributed by atoms with Gasteiger partial charge in [0.05, 0.1) is 22.7 Å². The molecule has 9 heteroatoms. The molecule has 0 bridgehead atoms. The van der Waals surface area contributed by atoms with Gasteiger partial charge in [0.2, 0.25) is 5.88 Å². The largest absolute Gasteiger partial charge is 0.482 e. The van der Waals surface area contributed by atoms with E-state index in [1.165, 1.54) is 11.8 Å². The lowest BCUT2D eigenvalue weighted by atomic mass is 10.3. The van der Waals surface area contributed by atoms with Gasteiger partial charge in [-0.05, 0) is 24.5 Å². The van der Waals surface area contributed by atoms with Crippen LogP contribution in [0.1, 0.15) is 5.56 Å². The van der Waals surface area contributed by atoms with Gasteiger partial charge >= 0.3 is 0 Å². The summed E-state index contributed by atoms with van der Waals surface area (Å²) in [7, 11) is 1.57. The number of hydrogen-bond donors (Lipinski definition) is 0. The van der Waals surface area contributed by atoms with E-state index >= 15 is 0 Å². The van der Waals surface area contributed by atoms with E-state index in [9.17, 15) is 4.79 Å². The molecule has 6 nitrogen and oxygen atoms in total. The first-order valence-corrected chi connectivity index (χ1v) is 10.7. The fourth-order valence-corrected chi connectivity index (χ4v) is 3.99. The Morgan fingerprint density at radius 2 is 2.26 bits per heavy atom. The van der Waals surface area contributed by atoms with Crippen molar-refractivity contribution in [3.05, 3.63) is 46.1 Å². The number of thioether (sulfide) groups is 2. The number of ether oxygens (including phenoxy) is 2. The van der Waals surface area contributed by atoms with E-state index in [2.05, 4.69) is 9.97 Å². The average molecular weight is 424 g/mol. The zero-order chi connectivity index (χ0) is 19.2. The van der Waals surface area contributed by atoms with E-state index < -0.39 is 0 Å². The number of carbonyl (C=O) groups is 1. The average Bonchev–Trinajstić information content (AvgIpc) is 3.15. The molecule has 2 aromatic rings. The first-order valence-electron chi connectivity index (χ1n) is 8.09. The monoisotopic (exact) mass is 423 g/mol. The molecule has 2 heterocycles. The summed E-state index contributed by atoms with van der Waals surface area (Å²) in [5.74, 6) is 1.66. The molecule has 0 unspecified atom stereocenters. The van der Waals surface area contributed by atoms with Crippen molar-refractivity contribution in [1.82, 2.24) is 14.9 Å². The van der Waals surface area contributed by atoms with E-state index in [4.69, 9.17) is 21.1 Å². The summed E-state index contributed by atoms with van der Waals surface area (Å²) in [6.45, 7) is 0.536. The summed E-state index contributed by atoms with van der Waals surface area (Å²) in [5.41, 5.74) is 0.726. The molecule has 1 aromatic carbocycles. The fraction of sp³-hybridized carbons (Fsp3) is 0.278. The third-order valence-corrected chi connectivity index (χ3v) is 5.63. The minimum Gasteiger partial charge on any atom is -0.482 e. The van der Waals surface area contributed by atoms with E-state index in [-0.39, 0.29) is 12.5 Å². The third-order valence-electron chi connectivity index (χ3n) is 3.73. The second-order valence-corrected chi connectivity index (χ2v) is 7.71. The van der Waals surface area contributed by atoms with Gasteiger partial charge in [-0.25, -0.2) is 4.98 Å². The Bertz CT molecular complexity index is 863. The first kappa shape index (κ1) is 19.9. The molecular weight excluding hydrogens is 406 g/mol. The Hall–Kier alpha value is -1.90. The van der Waals surface area contributed by atoms with Gasteiger partial charge in [0, 0.05) is 18.5 Å². The number of methoxy groups -OCH3 is 1. The van der Waals surface area contributed by atoms with Crippen molar-refractivity contribution in [3.8, 4) is 11.6 Å². The number of benzene rings is 1. The lowest BCUT2D eigenvalue weighted by Gasteiger charge is -2.18. The predicted molar refractivity (Wildman–Crippen MR) is 109 cm³/mol. The molecule has 0 atom stereocenters. The molecule has 3 rings (SSSR count). The highest BCUT2D eigenvalue weighted by atomic mass is 35.5. The molecular formula is C18H18ClN3O3S2. The molecule has 1 amide bonds. The van der Waals surface area contributed by atoms with Crippen LogP contribution in [0.25, 0.3) is 6.08 Å². The van der Waals surface area contributed by atoms with Gasteiger partial charge in [0.1, 0.15) is 5.75 Å². The predicted octanol–water partition coefficient (Wildman–Crippen LogP) is 3.81. The Kier molecular flexibility index (Phi) is 6.87. The van der Waals surface area contributed by atoms with Gasteiger partial charge < -0.3 is 14.4 Å². The highest BCUT2D eigenvalue weighted by Crippen LogP contribution is 2.32. The maximum Gasteiger partial charge on any atom is 0.265 e. The Morgan fingerprint density at radius 1 is 1.44 bits per heavy atom. The molecule has 0 saturated carbocycles. The number of para-hydroxylation sites is 1. The van der Waals surface area contributed by atoms with Crippen molar-refractivity contribution in [2.24, 2.45) is 0 Å². The standard InChI is InChI=1S/C18H18ClN3O3S2/c1-24-17-12(10-20-18(21-17)26-2)9-16-22(7-8-27-16)15(23)11-25-14-6-4-3-5-13(14)19/h3-6,9-10H,7-8,11H2,1-2H3/b16-9+. The quantitative estimate of drug-likeness (QED) is 0.517. The lowest BCUT2D eigenvalue weighted by molar-refractivity contribution is -0.130. The molecule has 1 saturated heterocycles. The summed E-state index contributed by atoms with van der Waals surface area (Å²) in [6.07, 6.45) is 5.47. The van der Waals surface area contributed by atoms with Crippen LogP contribution in [0.2, 0.25) is 5.02 Å². The van der Waals surface area contributed by atoms with Crippen molar-refractivity contribution < 1.29 is 14.3 Å². The molecule has 0 aliphatic carbocycles. The molecule has 0 spiro atoms. The second kappa shape index (κ2) is 9.34. The lowest BCUT2D eigenvalue weighted by Crippen LogP contribution is -2.31. The van der Waals surface area contributed by atoms with Crippen LogP contribution in [0.5, 0.6) is 11.6 Å². The highest BCUT2D eigenvalue weighted by Gasteiger charge is 2.25. The molecule has 1 aliphatic heterocycles. The van der Waals surface area contributed by atoms with Gasteiger partial charge in [-0.3, -0.25) is 4.79 Å². The first-order chi connectivity index (χ1) is 13.1. The number of halogens is 1. The van der Waals surface area contributed by atoms with Crippen LogP contribution < -0.4 is 9.47 Å². The summed E-state index contributed by atoms with van der Waals surface area (Å²) in [5, 5.41) is 1.93. The number of hydrogen-bond acceptors (Lipinski definition) is 7. The Labute approximate surface area is 171 Å². The molecule has 0 radical (unpaired) electrons. The van der Waals surface area contributed by atoms with Crippen LogP contribution >= 0.6 is 35.1 Å². The number of nitrogens with zero attached hydrogens (tertiary/aromatic N) is 3. The van der Waals surface area contributed by atoms with Crippen molar-refractivity contribution in [1.29, 1.82) is 0 Å². The van der Waals surface area contributed by atoms with E-state index in [1.54, 1.807) is 42.1 Å². The van der Waals surface area contributed by atoms with Crippen molar-refractivity contribution in [2.45, 2.75) is 5.16 Å². The maximum absolute atomic E-state index is 12.6. The van der Waals surface area contributed by atoms with Crippen molar-refractivity contribution >= 4 is 47.1 Å². The summed E-state index contributed by atoms with van der Waals surface area (Å²) in [4.78, 5) is 22.9. The summed E-state index contributed by atoms with van der Waals surface area (Å²) in [6, 6.07) is 7.09. The van der Waals surface area contributed by atoms with Gasteiger partial charge in [0.15, 0.2) is 11.8 Å². The Morgan fingerprint density at radius 3 is 3.00 bits per heavy atom. The normalized spacial score (nSPS) is 15.2. The third kappa shape index (κ3) is 4.88. The summed E-state index contributed by atoms with van der Waals surface area (Å²) >= 11 is 9.10. The Balaban J connectivity index is 1.74. The van der Waals surface area contributed by atoms with E-state index in [1.807, 2.05) is 24.5 Å². The topological polar surface area (TPSA) is 64.6 Å². The molecule has 0 N–H and O–H groups in total. The van der Waals surface area contributed by atoms with Gasteiger partial charge in [-0.1, -0.05) is 35.5 Å². The fourth-order valence-electron chi connectivity index (χ4n) is 2.43. The second-order valence-electron chi connectivity index (χ2n) is 5.42. The van der Waals surface area contributed by atoms with Gasteiger partial charge in [-0.2, -0.15) is 4.98 Å². The summed E-state index contributed by atoms with van der Waals surface area (Å²) < 4.78 is 10.9. The maximum atomic E-state index is 12.6. The van der Waals surface area contributed by atoms with Crippen LogP contribution in [-0.2, 0) is 4.79 Å². The van der Waals surface area contributed by atoms with Gasteiger partial charge in [-0.15, -0.1) is 11.8 Å². The van der Waals surface area contributed by atoms with Crippen LogP contribution in [0.15, 0.2) is 40.6 Å². The smallest absolute Gasteiger partial charge is 0.265 e. The zero-order valence-corrected chi connectivity index (χ0v) is 17.2. The van der Waals surface area contributed by atoms with Gasteiger partial charge in [0.25, 0.3) is 5.91 Å². The van der Waals surface area contributed by atoms with Crippen LogP contribution in [0.3, 0.4) is 0 Å². The van der Waals surface area contributed by atoms with Crippen molar-refractivity contribution in [3.63, 3.8) is 0 Å². The highest BCUT2D eigenvalue weighted by molar-refractivity contribution is 8.03. The zero-order valence-electron chi connectivity index (χ0n) is 14.8. The molecule has 27 heavy (non-hydrogen) atoms. The van der Waals surface area contributed by atoms with E-state index in [0.29, 0.717) is 28.4 Å². The van der Waals surface area contributed by atoms with Crippen LogP contribution in [0, 0.1) is 0 Å². The molecule has 1 fully saturated rings. The molecule has 142 valence electrons. The minimum atomic E-state index is -0.133. The molecule has 1 aliphatic rings. The number of aromatic nitrogens is 2. The van der Waals surface area contributed by atoms with E-state index in [0.717, 1.165) is 16.3 Å². The minimum absolute atomic E-state index is 0.0827.